The summed E-state index contributed by atoms with van der Waals surface area (Å²) >= 11 is 0. The van der Waals surface area contributed by atoms with Crippen molar-refractivity contribution in [1.82, 2.24) is 5.32 Å². The molecule has 0 spiro atoms. The molecule has 8 nitrogen and oxygen atoms in total. The molecule has 0 aliphatic carbocycles. The second-order valence-corrected chi connectivity index (χ2v) is 19.6. The van der Waals surface area contributed by atoms with Gasteiger partial charge in [-0.1, -0.05) is 197 Å². The third kappa shape index (κ3) is 44.5. The molecule has 0 radical (unpaired) electrons. The number of phosphoric ester groups is 1. The largest absolute Gasteiger partial charge is 0.472 e. The van der Waals surface area contributed by atoms with Gasteiger partial charge in [0, 0.05) is 6.42 Å². The molecule has 3 N–H and O–H groups in total. The summed E-state index contributed by atoms with van der Waals surface area (Å²) in [5.41, 5.74) is 0. The lowest BCUT2D eigenvalue weighted by Gasteiger charge is -2.25. The van der Waals surface area contributed by atoms with Crippen molar-refractivity contribution in [1.29, 1.82) is 0 Å². The highest BCUT2D eigenvalue weighted by atomic mass is 31.2. The number of amides is 1. The number of aliphatic hydroxyl groups is 1. The molecule has 3 unspecified atom stereocenters. The van der Waals surface area contributed by atoms with E-state index in [2.05, 4.69) is 55.6 Å². The van der Waals surface area contributed by atoms with Crippen LogP contribution in [0.15, 0.2) is 48.6 Å². The van der Waals surface area contributed by atoms with Gasteiger partial charge in [-0.15, -0.1) is 0 Å². The van der Waals surface area contributed by atoms with Crippen molar-refractivity contribution < 1.29 is 32.9 Å². The Morgan fingerprint density at radius 2 is 0.967 bits per heavy atom. The lowest BCUT2D eigenvalue weighted by atomic mass is 10.1. The maximum Gasteiger partial charge on any atom is 0.472 e. The van der Waals surface area contributed by atoms with Crippen LogP contribution in [0.3, 0.4) is 0 Å². The quantitative estimate of drug-likeness (QED) is 0.0244. The molecule has 0 bridgehead atoms. The van der Waals surface area contributed by atoms with E-state index >= 15 is 0 Å². The van der Waals surface area contributed by atoms with E-state index in [0.717, 1.165) is 44.9 Å². The number of likely N-dealkylation sites (N-methyl/N-ethyl adjacent to an activating group) is 1. The van der Waals surface area contributed by atoms with Crippen LogP contribution in [0.5, 0.6) is 0 Å². The number of quaternary nitrogens is 1. The highest BCUT2D eigenvalue weighted by molar-refractivity contribution is 7.47. The van der Waals surface area contributed by atoms with Crippen molar-refractivity contribution in [3.63, 3.8) is 0 Å². The smallest absolute Gasteiger partial charge is 0.387 e. The second kappa shape index (κ2) is 42.7. The number of nitrogens with one attached hydrogen (secondary N) is 1. The zero-order chi connectivity index (χ0) is 44.3. The van der Waals surface area contributed by atoms with Crippen molar-refractivity contribution in [3.8, 4) is 0 Å². The van der Waals surface area contributed by atoms with Crippen molar-refractivity contribution in [3.05, 3.63) is 48.6 Å². The van der Waals surface area contributed by atoms with Crippen LogP contribution in [0.1, 0.15) is 219 Å². The summed E-state index contributed by atoms with van der Waals surface area (Å²) in [6, 6.07) is -0.865. The fourth-order valence-electron chi connectivity index (χ4n) is 7.03. The number of nitrogens with zero attached hydrogens (tertiary/aromatic N) is 1. The van der Waals surface area contributed by atoms with Crippen LogP contribution in [-0.2, 0) is 18.4 Å². The Bertz CT molecular complexity index is 1120. The molecule has 0 saturated heterocycles. The number of hydrogen-bond acceptors (Lipinski definition) is 5. The van der Waals surface area contributed by atoms with E-state index in [1.165, 1.54) is 154 Å². The van der Waals surface area contributed by atoms with Gasteiger partial charge < -0.3 is 19.8 Å². The highest BCUT2D eigenvalue weighted by Gasteiger charge is 2.27. The molecule has 0 rings (SSSR count). The summed E-state index contributed by atoms with van der Waals surface area (Å²) in [4.78, 5) is 23.2. The van der Waals surface area contributed by atoms with Gasteiger partial charge in [-0.3, -0.25) is 13.8 Å². The average Bonchev–Trinajstić information content (AvgIpc) is 3.20. The van der Waals surface area contributed by atoms with E-state index in [-0.39, 0.29) is 19.1 Å². The van der Waals surface area contributed by atoms with Gasteiger partial charge in [0.2, 0.25) is 5.91 Å². The Morgan fingerprint density at radius 3 is 1.43 bits per heavy atom. The SMILES string of the molecule is CCCCCCCCC/C=C/CC/C=C/C(O)C(COP(=O)(O)OCC[N+](C)(C)C)NC(=O)CCCCCCCCCCC/C=C\C/C=C\CCCCCCCCCCC. The average molecular weight is 866 g/mol. The predicted octanol–water partition coefficient (Wildman–Crippen LogP) is 14.4. The molecule has 0 aliphatic heterocycles. The molecular formula is C51H98N2O6P+. The number of allylic oxidation sites excluding steroid dienone is 7. The molecule has 0 heterocycles. The van der Waals surface area contributed by atoms with E-state index in [4.69, 9.17) is 9.05 Å². The molecule has 3 atom stereocenters. The van der Waals surface area contributed by atoms with Gasteiger partial charge in [-0.25, -0.2) is 4.57 Å². The zero-order valence-electron chi connectivity index (χ0n) is 39.9. The van der Waals surface area contributed by atoms with Crippen molar-refractivity contribution in [2.75, 3.05) is 40.9 Å². The van der Waals surface area contributed by atoms with E-state index in [1.807, 2.05) is 27.2 Å². The van der Waals surface area contributed by atoms with E-state index < -0.39 is 20.0 Å². The topological polar surface area (TPSA) is 105 Å². The fraction of sp³-hybridized carbons (Fsp3) is 0.824. The molecule has 352 valence electrons. The molecular weight excluding hydrogens is 768 g/mol. The molecule has 60 heavy (non-hydrogen) atoms. The zero-order valence-corrected chi connectivity index (χ0v) is 40.8. The van der Waals surface area contributed by atoms with Gasteiger partial charge in [-0.2, -0.15) is 0 Å². The number of hydrogen-bond donors (Lipinski definition) is 3. The molecule has 0 aromatic carbocycles. The van der Waals surface area contributed by atoms with E-state index in [9.17, 15) is 19.4 Å². The molecule has 0 aromatic heterocycles. The van der Waals surface area contributed by atoms with Gasteiger partial charge in [0.15, 0.2) is 0 Å². The lowest BCUT2D eigenvalue weighted by Crippen LogP contribution is -2.45. The normalized spacial score (nSPS) is 14.6. The third-order valence-electron chi connectivity index (χ3n) is 11.0. The van der Waals surface area contributed by atoms with Crippen LogP contribution >= 0.6 is 7.82 Å². The summed E-state index contributed by atoms with van der Waals surface area (Å²) in [5, 5.41) is 13.8. The Labute approximate surface area is 371 Å². The maximum atomic E-state index is 12.9. The molecule has 1 amide bonds. The molecule has 0 fully saturated rings. The minimum atomic E-state index is -4.35. The molecule has 9 heteroatoms. The van der Waals surface area contributed by atoms with Crippen LogP contribution < -0.4 is 5.32 Å². The number of carbonyl (C=O) groups is 1. The van der Waals surface area contributed by atoms with Gasteiger partial charge in [0.05, 0.1) is 39.9 Å². The van der Waals surface area contributed by atoms with Crippen LogP contribution in [0.4, 0.5) is 0 Å². The van der Waals surface area contributed by atoms with Gasteiger partial charge >= 0.3 is 7.82 Å². The Hall–Kier alpha value is -1.54. The first kappa shape index (κ1) is 58.5. The molecule has 0 aromatic rings. The first-order valence-electron chi connectivity index (χ1n) is 25.0. The first-order valence-corrected chi connectivity index (χ1v) is 26.5. The van der Waals surface area contributed by atoms with Gasteiger partial charge in [-0.05, 0) is 64.2 Å². The Balaban J connectivity index is 4.27. The van der Waals surface area contributed by atoms with Crippen LogP contribution in [0.2, 0.25) is 0 Å². The number of aliphatic hydroxyl groups excluding tert-OH is 1. The van der Waals surface area contributed by atoms with Crippen LogP contribution in [0, 0.1) is 0 Å². The number of phosphoric acid groups is 1. The first-order chi connectivity index (χ1) is 29.0. The molecule has 0 saturated carbocycles. The van der Waals surface area contributed by atoms with Crippen LogP contribution in [-0.4, -0.2) is 73.4 Å². The molecule has 0 aliphatic rings. The van der Waals surface area contributed by atoms with E-state index in [1.54, 1.807) is 6.08 Å². The Kier molecular flexibility index (Phi) is 41.6. The Morgan fingerprint density at radius 1 is 0.567 bits per heavy atom. The van der Waals surface area contributed by atoms with Gasteiger partial charge in [0.25, 0.3) is 0 Å². The number of rotatable bonds is 45. The minimum Gasteiger partial charge on any atom is -0.387 e. The van der Waals surface area contributed by atoms with Crippen molar-refractivity contribution >= 4 is 13.7 Å². The highest BCUT2D eigenvalue weighted by Crippen LogP contribution is 2.43. The standard InChI is InChI=1S/C51H97N2O6P/c1-6-8-10-12-14-16-18-20-21-22-23-24-25-26-27-28-29-30-31-33-35-37-39-41-43-45-51(55)52-49(48-59-60(56,57)58-47-46-53(3,4)5)50(54)44-42-40-38-36-34-32-19-17-15-13-11-9-7-2/h23-24,26-27,34,36,42,44,49-50,54H,6-22,25,28-33,35,37-41,43,45-48H2,1-5H3,(H-,52,55,56,57)/p+1/b24-23-,27-26-,36-34+,44-42+. The summed E-state index contributed by atoms with van der Waals surface area (Å²) in [5.74, 6) is -0.192. The lowest BCUT2D eigenvalue weighted by molar-refractivity contribution is -0.870. The second-order valence-electron chi connectivity index (χ2n) is 18.2. The van der Waals surface area contributed by atoms with Crippen molar-refractivity contribution in [2.45, 2.75) is 231 Å². The van der Waals surface area contributed by atoms with Crippen molar-refractivity contribution in [2.24, 2.45) is 0 Å². The third-order valence-corrected chi connectivity index (χ3v) is 12.0. The summed E-state index contributed by atoms with van der Waals surface area (Å²) < 4.78 is 23.6. The fourth-order valence-corrected chi connectivity index (χ4v) is 7.76. The summed E-state index contributed by atoms with van der Waals surface area (Å²) in [6.07, 6.45) is 54.8. The summed E-state index contributed by atoms with van der Waals surface area (Å²) in [7, 11) is 1.55. The minimum absolute atomic E-state index is 0.0542. The number of unbranched alkanes of at least 4 members (excludes halogenated alkanes) is 26. The van der Waals surface area contributed by atoms with E-state index in [0.29, 0.717) is 17.4 Å². The van der Waals surface area contributed by atoms with Crippen LogP contribution in [0.25, 0.3) is 0 Å². The van der Waals surface area contributed by atoms with Gasteiger partial charge in [0.1, 0.15) is 13.2 Å². The summed E-state index contributed by atoms with van der Waals surface area (Å²) in [6.45, 7) is 4.78. The number of carbonyl (C=O) groups excluding carboxylic acids is 1. The predicted molar refractivity (Wildman–Crippen MR) is 258 cm³/mol. The maximum absolute atomic E-state index is 12.9. The monoisotopic (exact) mass is 866 g/mol.